The van der Waals surface area contributed by atoms with E-state index in [1.54, 1.807) is 6.92 Å². The van der Waals surface area contributed by atoms with Gasteiger partial charge in [-0.15, -0.1) is 0 Å². The maximum Gasteiger partial charge on any atom is 0.244 e. The van der Waals surface area contributed by atoms with Crippen molar-refractivity contribution in [3.8, 4) is 0 Å². The largest absolute Gasteiger partial charge is 0.284 e. The Hall–Kier alpha value is -1.66. The number of rotatable bonds is 4. The predicted molar refractivity (Wildman–Crippen MR) is 63.8 cm³/mol. The van der Waals surface area contributed by atoms with E-state index in [1.807, 2.05) is 30.3 Å². The van der Waals surface area contributed by atoms with Gasteiger partial charge < -0.3 is 0 Å². The van der Waals surface area contributed by atoms with Gasteiger partial charge in [-0.1, -0.05) is 30.3 Å². The molecule has 6 heteroatoms. The second kappa shape index (κ2) is 4.68. The van der Waals surface area contributed by atoms with Gasteiger partial charge in [-0.3, -0.25) is 5.10 Å². The summed E-state index contributed by atoms with van der Waals surface area (Å²) in [6.45, 7) is 1.80. The highest BCUT2D eigenvalue weighted by atomic mass is 32.2. The average molecular weight is 251 g/mol. The molecular formula is C11H13N3O2S. The smallest absolute Gasteiger partial charge is 0.244 e. The predicted octanol–water partition coefficient (Wildman–Crippen LogP) is 1.45. The number of benzene rings is 1. The molecule has 1 atom stereocenters. The van der Waals surface area contributed by atoms with E-state index in [4.69, 9.17) is 0 Å². The SMILES string of the molecule is C[C@H](NS(=O)(=O)c1cn[nH]c1)c1ccccc1. The first kappa shape index (κ1) is 11.8. The first-order valence-corrected chi connectivity index (χ1v) is 6.64. The van der Waals surface area contributed by atoms with Crippen molar-refractivity contribution in [1.29, 1.82) is 0 Å². The van der Waals surface area contributed by atoms with Crippen LogP contribution in [0.1, 0.15) is 18.5 Å². The first-order valence-electron chi connectivity index (χ1n) is 5.15. The topological polar surface area (TPSA) is 74.8 Å². The number of hydrogen-bond donors (Lipinski definition) is 2. The van der Waals surface area contributed by atoms with Gasteiger partial charge in [-0.05, 0) is 12.5 Å². The van der Waals surface area contributed by atoms with Gasteiger partial charge in [0, 0.05) is 12.2 Å². The molecule has 1 aromatic carbocycles. The molecule has 0 aliphatic rings. The Balaban J connectivity index is 2.17. The summed E-state index contributed by atoms with van der Waals surface area (Å²) in [5.74, 6) is 0. The number of nitrogens with one attached hydrogen (secondary N) is 2. The van der Waals surface area contributed by atoms with Crippen molar-refractivity contribution < 1.29 is 8.42 Å². The fourth-order valence-corrected chi connectivity index (χ4v) is 2.63. The molecule has 0 aliphatic carbocycles. The second-order valence-corrected chi connectivity index (χ2v) is 5.40. The van der Waals surface area contributed by atoms with Gasteiger partial charge in [0.15, 0.2) is 0 Å². The number of sulfonamides is 1. The van der Waals surface area contributed by atoms with Crippen molar-refractivity contribution in [2.75, 3.05) is 0 Å². The number of aromatic nitrogens is 2. The van der Waals surface area contributed by atoms with Crippen LogP contribution in [0.2, 0.25) is 0 Å². The normalized spacial score (nSPS) is 13.5. The summed E-state index contributed by atoms with van der Waals surface area (Å²) in [7, 11) is -3.51. The Labute approximate surface area is 99.9 Å². The van der Waals surface area contributed by atoms with Crippen LogP contribution >= 0.6 is 0 Å². The standard InChI is InChI=1S/C11H13N3O2S/c1-9(10-5-3-2-4-6-10)14-17(15,16)11-7-12-13-8-11/h2-9,14H,1H3,(H,12,13)/t9-/m0/s1. The van der Waals surface area contributed by atoms with Crippen LogP contribution in [0.3, 0.4) is 0 Å². The van der Waals surface area contributed by atoms with E-state index in [9.17, 15) is 8.42 Å². The number of aromatic amines is 1. The molecule has 5 nitrogen and oxygen atoms in total. The van der Waals surface area contributed by atoms with Gasteiger partial charge in [-0.25, -0.2) is 13.1 Å². The van der Waals surface area contributed by atoms with Crippen molar-refractivity contribution >= 4 is 10.0 Å². The van der Waals surface area contributed by atoms with Crippen molar-refractivity contribution in [1.82, 2.24) is 14.9 Å². The molecule has 0 fully saturated rings. The lowest BCUT2D eigenvalue weighted by molar-refractivity contribution is 0.567. The van der Waals surface area contributed by atoms with Crippen LogP contribution in [0.4, 0.5) is 0 Å². The number of hydrogen-bond acceptors (Lipinski definition) is 3. The van der Waals surface area contributed by atoms with Crippen LogP contribution in [0.5, 0.6) is 0 Å². The first-order chi connectivity index (χ1) is 8.09. The zero-order chi connectivity index (χ0) is 12.3. The van der Waals surface area contributed by atoms with Crippen molar-refractivity contribution in [3.63, 3.8) is 0 Å². The summed E-state index contributed by atoms with van der Waals surface area (Å²) >= 11 is 0. The van der Waals surface area contributed by atoms with Crippen LogP contribution in [-0.2, 0) is 10.0 Å². The van der Waals surface area contributed by atoms with Crippen molar-refractivity contribution in [2.24, 2.45) is 0 Å². The molecule has 0 saturated heterocycles. The third-order valence-electron chi connectivity index (χ3n) is 2.41. The molecule has 1 heterocycles. The highest BCUT2D eigenvalue weighted by molar-refractivity contribution is 7.89. The molecule has 2 aromatic rings. The van der Waals surface area contributed by atoms with E-state index >= 15 is 0 Å². The minimum absolute atomic E-state index is 0.139. The lowest BCUT2D eigenvalue weighted by Crippen LogP contribution is -2.26. The number of nitrogens with zero attached hydrogens (tertiary/aromatic N) is 1. The minimum Gasteiger partial charge on any atom is -0.284 e. The Morgan fingerprint density at radius 1 is 1.29 bits per heavy atom. The third-order valence-corrected chi connectivity index (χ3v) is 3.92. The van der Waals surface area contributed by atoms with Crippen LogP contribution in [-0.4, -0.2) is 18.6 Å². The van der Waals surface area contributed by atoms with E-state index < -0.39 is 10.0 Å². The average Bonchev–Trinajstić information content (AvgIpc) is 2.84. The van der Waals surface area contributed by atoms with Crippen molar-refractivity contribution in [2.45, 2.75) is 17.9 Å². The Kier molecular flexibility index (Phi) is 3.26. The lowest BCUT2D eigenvalue weighted by Gasteiger charge is -2.13. The van der Waals surface area contributed by atoms with E-state index in [1.165, 1.54) is 12.4 Å². The zero-order valence-corrected chi connectivity index (χ0v) is 10.1. The van der Waals surface area contributed by atoms with Crippen LogP contribution in [0.15, 0.2) is 47.6 Å². The summed E-state index contributed by atoms with van der Waals surface area (Å²) in [5, 5.41) is 6.10. The van der Waals surface area contributed by atoms with Gasteiger partial charge in [-0.2, -0.15) is 5.10 Å². The molecular weight excluding hydrogens is 238 g/mol. The molecule has 1 aromatic heterocycles. The maximum atomic E-state index is 11.9. The highest BCUT2D eigenvalue weighted by Gasteiger charge is 2.18. The molecule has 0 amide bonds. The zero-order valence-electron chi connectivity index (χ0n) is 9.29. The third kappa shape index (κ3) is 2.72. The number of H-pyrrole nitrogens is 1. The summed E-state index contributed by atoms with van der Waals surface area (Å²) in [4.78, 5) is 0.139. The Morgan fingerprint density at radius 2 is 2.00 bits per heavy atom. The molecule has 0 spiro atoms. The Morgan fingerprint density at radius 3 is 2.59 bits per heavy atom. The van der Waals surface area contributed by atoms with Gasteiger partial charge in [0.25, 0.3) is 0 Å². The van der Waals surface area contributed by atoms with Crippen LogP contribution in [0.25, 0.3) is 0 Å². The fraction of sp³-hybridized carbons (Fsp3) is 0.182. The monoisotopic (exact) mass is 251 g/mol. The quantitative estimate of drug-likeness (QED) is 0.863. The summed E-state index contributed by atoms with van der Waals surface area (Å²) < 4.78 is 26.4. The van der Waals surface area contributed by atoms with E-state index in [0.717, 1.165) is 5.56 Å². The fourth-order valence-electron chi connectivity index (χ4n) is 1.50. The summed E-state index contributed by atoms with van der Waals surface area (Å²) in [6.07, 6.45) is 2.63. The molecule has 0 saturated carbocycles. The molecule has 0 bridgehead atoms. The van der Waals surface area contributed by atoms with Crippen molar-refractivity contribution in [3.05, 3.63) is 48.3 Å². The van der Waals surface area contributed by atoms with Gasteiger partial charge >= 0.3 is 0 Å². The van der Waals surface area contributed by atoms with E-state index in [-0.39, 0.29) is 10.9 Å². The van der Waals surface area contributed by atoms with Gasteiger partial charge in [0.1, 0.15) is 4.90 Å². The van der Waals surface area contributed by atoms with Gasteiger partial charge in [0.05, 0.1) is 6.20 Å². The maximum absolute atomic E-state index is 11.9. The molecule has 2 N–H and O–H groups in total. The summed E-state index contributed by atoms with van der Waals surface area (Å²) in [5.41, 5.74) is 0.916. The molecule has 17 heavy (non-hydrogen) atoms. The second-order valence-electron chi connectivity index (χ2n) is 3.69. The molecule has 0 unspecified atom stereocenters. The highest BCUT2D eigenvalue weighted by Crippen LogP contribution is 2.15. The molecule has 2 rings (SSSR count). The lowest BCUT2D eigenvalue weighted by atomic mass is 10.1. The van der Waals surface area contributed by atoms with Crippen LogP contribution < -0.4 is 4.72 Å². The Bertz CT molecular complexity index is 564. The molecule has 0 aliphatic heterocycles. The summed E-state index contributed by atoms with van der Waals surface area (Å²) in [6, 6.07) is 9.11. The molecule has 90 valence electrons. The minimum atomic E-state index is -3.51. The van der Waals surface area contributed by atoms with E-state index in [0.29, 0.717) is 0 Å². The molecule has 0 radical (unpaired) electrons. The van der Waals surface area contributed by atoms with Gasteiger partial charge in [0.2, 0.25) is 10.0 Å². The van der Waals surface area contributed by atoms with Crippen LogP contribution in [0, 0.1) is 0 Å². The van der Waals surface area contributed by atoms with E-state index in [2.05, 4.69) is 14.9 Å².